The average molecular weight is 319 g/mol. The monoisotopic (exact) mass is 319 g/mol. The Morgan fingerprint density at radius 2 is 1.83 bits per heavy atom. The fourth-order valence-electron chi connectivity index (χ4n) is 3.60. The van der Waals surface area contributed by atoms with Crippen molar-refractivity contribution in [1.29, 1.82) is 0 Å². The number of amides is 1. The van der Waals surface area contributed by atoms with Crippen LogP contribution in [-0.4, -0.2) is 33.4 Å². The number of benzene rings is 2. The van der Waals surface area contributed by atoms with Crippen molar-refractivity contribution < 1.29 is 4.79 Å². The molecular weight excluding hydrogens is 298 g/mol. The number of hydrogen-bond donors (Lipinski definition) is 0. The van der Waals surface area contributed by atoms with Crippen molar-refractivity contribution in [3.63, 3.8) is 0 Å². The first-order valence-electron chi connectivity index (χ1n) is 8.50. The predicted octanol–water partition coefficient (Wildman–Crippen LogP) is 3.56. The third kappa shape index (κ3) is 2.58. The van der Waals surface area contributed by atoms with Crippen LogP contribution in [-0.2, 0) is 4.79 Å². The summed E-state index contributed by atoms with van der Waals surface area (Å²) >= 11 is 0. The molecule has 1 aromatic heterocycles. The number of imidazole rings is 1. The van der Waals surface area contributed by atoms with Crippen molar-refractivity contribution in [3.8, 4) is 0 Å². The summed E-state index contributed by atoms with van der Waals surface area (Å²) in [6.07, 6.45) is 5.92. The van der Waals surface area contributed by atoms with Gasteiger partial charge in [-0.3, -0.25) is 4.79 Å². The highest BCUT2D eigenvalue weighted by atomic mass is 16.2. The van der Waals surface area contributed by atoms with Crippen LogP contribution in [0, 0.1) is 6.92 Å². The number of likely N-dealkylation sites (tertiary alicyclic amines) is 1. The Hall–Kier alpha value is -2.62. The lowest BCUT2D eigenvalue weighted by Gasteiger charge is -2.25. The first-order valence-corrected chi connectivity index (χ1v) is 8.50. The third-order valence-corrected chi connectivity index (χ3v) is 4.80. The number of aromatic nitrogens is 2. The minimum atomic E-state index is -0.351. The fraction of sp³-hybridized carbons (Fsp3) is 0.300. The number of nitrogens with zero attached hydrogens (tertiary/aromatic N) is 3. The molecule has 0 saturated carbocycles. The van der Waals surface area contributed by atoms with Gasteiger partial charge in [-0.15, -0.1) is 0 Å². The van der Waals surface area contributed by atoms with Gasteiger partial charge in [0.1, 0.15) is 6.04 Å². The third-order valence-electron chi connectivity index (χ3n) is 4.80. The molecule has 2 heterocycles. The second-order valence-corrected chi connectivity index (χ2v) is 6.47. The van der Waals surface area contributed by atoms with Crippen LogP contribution in [0.15, 0.2) is 55.0 Å². The predicted molar refractivity (Wildman–Crippen MR) is 94.9 cm³/mol. The summed E-state index contributed by atoms with van der Waals surface area (Å²) in [7, 11) is 0. The van der Waals surface area contributed by atoms with Crippen LogP contribution in [0.5, 0.6) is 0 Å². The Morgan fingerprint density at radius 1 is 1.08 bits per heavy atom. The second-order valence-electron chi connectivity index (χ2n) is 6.47. The van der Waals surface area contributed by atoms with Crippen molar-refractivity contribution in [1.82, 2.24) is 14.5 Å². The maximum atomic E-state index is 13.3. The smallest absolute Gasteiger partial charge is 0.250 e. The molecule has 122 valence electrons. The van der Waals surface area contributed by atoms with E-state index < -0.39 is 0 Å². The Bertz CT molecular complexity index is 872. The van der Waals surface area contributed by atoms with Gasteiger partial charge >= 0.3 is 0 Å². The molecule has 1 aliphatic heterocycles. The maximum Gasteiger partial charge on any atom is 0.250 e. The van der Waals surface area contributed by atoms with Crippen molar-refractivity contribution in [2.45, 2.75) is 25.8 Å². The van der Waals surface area contributed by atoms with Crippen molar-refractivity contribution in [3.05, 3.63) is 66.2 Å². The summed E-state index contributed by atoms with van der Waals surface area (Å²) in [6.45, 7) is 3.67. The van der Waals surface area contributed by atoms with E-state index in [4.69, 9.17) is 0 Å². The Morgan fingerprint density at radius 3 is 2.58 bits per heavy atom. The van der Waals surface area contributed by atoms with Gasteiger partial charge in [-0.25, -0.2) is 4.98 Å². The Balaban J connectivity index is 1.86. The van der Waals surface area contributed by atoms with Gasteiger partial charge < -0.3 is 9.47 Å². The lowest BCUT2D eigenvalue weighted by Crippen LogP contribution is -2.35. The van der Waals surface area contributed by atoms with Gasteiger partial charge in [0.2, 0.25) is 5.91 Å². The maximum absolute atomic E-state index is 13.3. The molecule has 24 heavy (non-hydrogen) atoms. The van der Waals surface area contributed by atoms with Crippen molar-refractivity contribution >= 4 is 16.7 Å². The van der Waals surface area contributed by atoms with Crippen molar-refractivity contribution in [2.75, 3.05) is 13.1 Å². The molecule has 1 aliphatic rings. The van der Waals surface area contributed by atoms with Crippen LogP contribution < -0.4 is 0 Å². The van der Waals surface area contributed by atoms with E-state index in [1.54, 1.807) is 6.33 Å². The Kier molecular flexibility index (Phi) is 3.81. The van der Waals surface area contributed by atoms with E-state index in [0.29, 0.717) is 0 Å². The molecule has 3 aromatic rings. The van der Waals surface area contributed by atoms with E-state index in [0.717, 1.165) is 48.0 Å². The molecule has 1 amide bonds. The molecule has 1 saturated heterocycles. The second kappa shape index (κ2) is 6.11. The molecule has 0 spiro atoms. The molecule has 2 aromatic carbocycles. The lowest BCUT2D eigenvalue weighted by atomic mass is 9.97. The highest BCUT2D eigenvalue weighted by molar-refractivity contribution is 5.93. The highest BCUT2D eigenvalue weighted by Crippen LogP contribution is 2.29. The van der Waals surface area contributed by atoms with Crippen molar-refractivity contribution in [2.24, 2.45) is 0 Å². The summed E-state index contributed by atoms with van der Waals surface area (Å²) in [6, 6.07) is 14.1. The normalized spacial score (nSPS) is 15.8. The molecule has 4 heteroatoms. The van der Waals surface area contributed by atoms with E-state index in [1.165, 1.54) is 0 Å². The topological polar surface area (TPSA) is 38.1 Å². The van der Waals surface area contributed by atoms with E-state index in [9.17, 15) is 4.79 Å². The van der Waals surface area contributed by atoms with Gasteiger partial charge in [0, 0.05) is 19.3 Å². The van der Waals surface area contributed by atoms with Crippen LogP contribution in [0.4, 0.5) is 0 Å². The number of hydrogen-bond acceptors (Lipinski definition) is 2. The largest absolute Gasteiger partial charge is 0.341 e. The van der Waals surface area contributed by atoms with Gasteiger partial charge in [-0.1, -0.05) is 42.5 Å². The zero-order chi connectivity index (χ0) is 16.5. The number of rotatable bonds is 3. The van der Waals surface area contributed by atoms with Crippen LogP contribution in [0.2, 0.25) is 0 Å². The molecule has 1 atom stereocenters. The fourth-order valence-corrected chi connectivity index (χ4v) is 3.60. The summed E-state index contributed by atoms with van der Waals surface area (Å²) < 4.78 is 1.96. The van der Waals surface area contributed by atoms with E-state index in [2.05, 4.69) is 29.2 Å². The molecule has 4 rings (SSSR count). The molecule has 0 radical (unpaired) electrons. The molecule has 0 bridgehead atoms. The van der Waals surface area contributed by atoms with Crippen LogP contribution >= 0.6 is 0 Å². The van der Waals surface area contributed by atoms with Crippen LogP contribution in [0.25, 0.3) is 10.8 Å². The Labute approximate surface area is 141 Å². The number of carbonyl (C=O) groups is 1. The van der Waals surface area contributed by atoms with Crippen LogP contribution in [0.1, 0.15) is 30.1 Å². The van der Waals surface area contributed by atoms with Gasteiger partial charge in [0.15, 0.2) is 0 Å². The summed E-state index contributed by atoms with van der Waals surface area (Å²) in [5.41, 5.74) is 1.97. The van der Waals surface area contributed by atoms with E-state index >= 15 is 0 Å². The standard InChI is InChI=1S/C20H21N3O/c1-15-13-23(14-21-15)19(20(24)22-11-4-5-12-22)18-10-6-8-16-7-2-3-9-17(16)18/h2-3,6-10,13-14,19H,4-5,11-12H2,1H3. The number of aryl methyl sites for hydroxylation is 1. The summed E-state index contributed by atoms with van der Waals surface area (Å²) in [4.78, 5) is 19.6. The summed E-state index contributed by atoms with van der Waals surface area (Å²) in [5, 5.41) is 2.29. The first-order chi connectivity index (χ1) is 11.7. The minimum absolute atomic E-state index is 0.168. The van der Waals surface area contributed by atoms with Crippen LogP contribution in [0.3, 0.4) is 0 Å². The zero-order valence-electron chi connectivity index (χ0n) is 13.9. The minimum Gasteiger partial charge on any atom is -0.341 e. The molecule has 4 nitrogen and oxygen atoms in total. The molecule has 0 N–H and O–H groups in total. The summed E-state index contributed by atoms with van der Waals surface area (Å²) in [5.74, 6) is 0.168. The van der Waals surface area contributed by atoms with Gasteiger partial charge in [0.25, 0.3) is 0 Å². The zero-order valence-corrected chi connectivity index (χ0v) is 13.9. The van der Waals surface area contributed by atoms with Gasteiger partial charge in [-0.2, -0.15) is 0 Å². The SMILES string of the molecule is Cc1cn(C(C(=O)N2CCCC2)c2cccc3ccccc23)cn1. The number of fused-ring (bicyclic) bond motifs is 1. The quantitative estimate of drug-likeness (QED) is 0.740. The molecule has 1 fully saturated rings. The van der Waals surface area contributed by atoms with Gasteiger partial charge in [-0.05, 0) is 36.1 Å². The molecule has 1 unspecified atom stereocenters. The lowest BCUT2D eigenvalue weighted by molar-refractivity contribution is -0.132. The molecule has 0 aliphatic carbocycles. The first kappa shape index (κ1) is 14.9. The van der Waals surface area contributed by atoms with Gasteiger partial charge in [0.05, 0.1) is 12.0 Å². The van der Waals surface area contributed by atoms with E-state index in [1.807, 2.05) is 40.8 Å². The highest BCUT2D eigenvalue weighted by Gasteiger charge is 2.30. The number of carbonyl (C=O) groups excluding carboxylic acids is 1. The van der Waals surface area contributed by atoms with E-state index in [-0.39, 0.29) is 11.9 Å². The molecular formula is C20H21N3O. The average Bonchev–Trinajstić information content (AvgIpc) is 3.27.